The summed E-state index contributed by atoms with van der Waals surface area (Å²) in [5.41, 5.74) is 0.285. The minimum absolute atomic E-state index is 0.180. The smallest absolute Gasteiger partial charge is 0.225 e. The van der Waals surface area contributed by atoms with Crippen LogP contribution in [-0.2, 0) is 4.79 Å². The van der Waals surface area contributed by atoms with Gasteiger partial charge < -0.3 is 10.2 Å². The number of carbonyl (C=O) groups is 1. The van der Waals surface area contributed by atoms with E-state index in [4.69, 9.17) is 0 Å². The summed E-state index contributed by atoms with van der Waals surface area (Å²) in [6.45, 7) is 8.67. The Morgan fingerprint density at radius 3 is 2.50 bits per heavy atom. The lowest BCUT2D eigenvalue weighted by Gasteiger charge is -2.39. The zero-order chi connectivity index (χ0) is 17.2. The molecule has 1 aliphatic carbocycles. The second-order valence-corrected chi connectivity index (χ2v) is 8.43. The number of anilines is 1. The lowest BCUT2D eigenvalue weighted by molar-refractivity contribution is -0.128. The summed E-state index contributed by atoms with van der Waals surface area (Å²) in [6, 6.07) is 2.13. The van der Waals surface area contributed by atoms with E-state index in [0.717, 1.165) is 44.7 Å². The molecule has 132 valence electrons. The molecule has 0 aromatic carbocycles. The number of aromatic nitrogens is 2. The van der Waals surface area contributed by atoms with Gasteiger partial charge in [0.25, 0.3) is 0 Å². The van der Waals surface area contributed by atoms with Gasteiger partial charge in [-0.2, -0.15) is 0 Å². The van der Waals surface area contributed by atoms with E-state index in [1.54, 1.807) is 12.4 Å². The Morgan fingerprint density at radius 1 is 1.21 bits per heavy atom. The van der Waals surface area contributed by atoms with Gasteiger partial charge >= 0.3 is 0 Å². The van der Waals surface area contributed by atoms with Crippen LogP contribution in [0.4, 0.5) is 5.95 Å². The van der Waals surface area contributed by atoms with E-state index in [2.05, 4.69) is 41.0 Å². The topological polar surface area (TPSA) is 58.1 Å². The highest BCUT2D eigenvalue weighted by Gasteiger charge is 2.36. The molecule has 0 unspecified atom stereocenters. The number of carbonyl (C=O) groups excluding carboxylic acids is 1. The summed E-state index contributed by atoms with van der Waals surface area (Å²) in [4.78, 5) is 23.5. The zero-order valence-corrected chi connectivity index (χ0v) is 15.2. The van der Waals surface area contributed by atoms with Crippen molar-refractivity contribution in [3.63, 3.8) is 0 Å². The Morgan fingerprint density at radius 2 is 1.88 bits per heavy atom. The average molecular weight is 330 g/mol. The van der Waals surface area contributed by atoms with E-state index in [9.17, 15) is 4.79 Å². The lowest BCUT2D eigenvalue weighted by Crippen LogP contribution is -2.48. The van der Waals surface area contributed by atoms with Crippen molar-refractivity contribution in [2.24, 2.45) is 17.3 Å². The fourth-order valence-corrected chi connectivity index (χ4v) is 4.54. The molecular weight excluding hydrogens is 300 g/mol. The third kappa shape index (κ3) is 4.25. The van der Waals surface area contributed by atoms with Crippen LogP contribution >= 0.6 is 0 Å². The number of piperidine rings is 1. The Bertz CT molecular complexity index is 552. The first kappa shape index (κ1) is 17.2. The fraction of sp³-hybridized carbons (Fsp3) is 0.737. The first-order valence-corrected chi connectivity index (χ1v) is 9.25. The van der Waals surface area contributed by atoms with Crippen molar-refractivity contribution in [3.05, 3.63) is 18.5 Å². The molecule has 1 amide bonds. The SMILES string of the molecule is C[C@H]1C[C@@H](C(=O)NC2CCN(c3ncccn3)CC2)CC(C)(C)C1. The highest BCUT2D eigenvalue weighted by atomic mass is 16.1. The van der Waals surface area contributed by atoms with Gasteiger partial charge in [0.05, 0.1) is 0 Å². The first-order valence-electron chi connectivity index (χ1n) is 9.25. The van der Waals surface area contributed by atoms with Crippen LogP contribution in [0.2, 0.25) is 0 Å². The minimum atomic E-state index is 0.180. The van der Waals surface area contributed by atoms with Crippen LogP contribution in [0.1, 0.15) is 52.9 Å². The van der Waals surface area contributed by atoms with Crippen molar-refractivity contribution in [1.29, 1.82) is 0 Å². The van der Waals surface area contributed by atoms with E-state index >= 15 is 0 Å². The Kier molecular flexibility index (Phi) is 5.07. The maximum atomic E-state index is 12.7. The maximum Gasteiger partial charge on any atom is 0.225 e. The van der Waals surface area contributed by atoms with Gasteiger partial charge in [0.1, 0.15) is 0 Å². The van der Waals surface area contributed by atoms with Crippen LogP contribution in [0.3, 0.4) is 0 Å². The van der Waals surface area contributed by atoms with Crippen molar-refractivity contribution in [1.82, 2.24) is 15.3 Å². The summed E-state index contributed by atoms with van der Waals surface area (Å²) in [7, 11) is 0. The molecule has 5 nitrogen and oxygen atoms in total. The van der Waals surface area contributed by atoms with Crippen molar-refractivity contribution in [2.45, 2.75) is 58.9 Å². The summed E-state index contributed by atoms with van der Waals surface area (Å²) in [5.74, 6) is 1.88. The molecule has 2 atom stereocenters. The highest BCUT2D eigenvalue weighted by Crippen LogP contribution is 2.41. The Hall–Kier alpha value is -1.65. The molecule has 3 rings (SSSR count). The van der Waals surface area contributed by atoms with Gasteiger partial charge in [0.2, 0.25) is 11.9 Å². The van der Waals surface area contributed by atoms with Gasteiger partial charge in [0.15, 0.2) is 0 Å². The molecular formula is C19H30N4O. The van der Waals surface area contributed by atoms with E-state index < -0.39 is 0 Å². The number of nitrogens with one attached hydrogen (secondary N) is 1. The number of nitrogens with zero attached hydrogens (tertiary/aromatic N) is 3. The largest absolute Gasteiger partial charge is 0.353 e. The summed E-state index contributed by atoms with van der Waals surface area (Å²) in [5, 5.41) is 3.31. The second-order valence-electron chi connectivity index (χ2n) is 8.43. The molecule has 2 aliphatic rings. The monoisotopic (exact) mass is 330 g/mol. The van der Waals surface area contributed by atoms with Gasteiger partial charge in [-0.25, -0.2) is 9.97 Å². The summed E-state index contributed by atoms with van der Waals surface area (Å²) >= 11 is 0. The van der Waals surface area contributed by atoms with Gasteiger partial charge in [-0.1, -0.05) is 20.8 Å². The molecule has 2 heterocycles. The number of hydrogen-bond acceptors (Lipinski definition) is 4. The van der Waals surface area contributed by atoms with Crippen LogP contribution in [0.5, 0.6) is 0 Å². The van der Waals surface area contributed by atoms with Crippen molar-refractivity contribution < 1.29 is 4.79 Å². The Balaban J connectivity index is 1.50. The molecule has 1 aliphatic heterocycles. The van der Waals surface area contributed by atoms with Crippen LogP contribution in [-0.4, -0.2) is 35.0 Å². The third-order valence-electron chi connectivity index (χ3n) is 5.43. The molecule has 1 saturated heterocycles. The predicted molar refractivity (Wildman–Crippen MR) is 95.7 cm³/mol. The van der Waals surface area contributed by atoms with Crippen LogP contribution in [0.25, 0.3) is 0 Å². The average Bonchev–Trinajstić information content (AvgIpc) is 2.54. The standard InChI is InChI=1S/C19H30N4O/c1-14-11-15(13-19(2,3)12-14)17(24)22-16-5-9-23(10-6-16)18-20-7-4-8-21-18/h4,7-8,14-16H,5-6,9-13H2,1-3H3,(H,22,24)/t14-,15+/m0/s1. The van der Waals surface area contributed by atoms with Crippen molar-refractivity contribution in [3.8, 4) is 0 Å². The number of rotatable bonds is 3. The normalized spacial score (nSPS) is 27.7. The number of hydrogen-bond donors (Lipinski definition) is 1. The summed E-state index contributed by atoms with van der Waals surface area (Å²) in [6.07, 6.45) is 8.77. The molecule has 1 aromatic rings. The van der Waals surface area contributed by atoms with Gasteiger partial charge in [0, 0.05) is 37.4 Å². The molecule has 0 radical (unpaired) electrons. The predicted octanol–water partition coefficient (Wildman–Crippen LogP) is 3.02. The van der Waals surface area contributed by atoms with E-state index in [0.29, 0.717) is 5.92 Å². The van der Waals surface area contributed by atoms with Crippen LogP contribution < -0.4 is 10.2 Å². The summed E-state index contributed by atoms with van der Waals surface area (Å²) < 4.78 is 0. The quantitative estimate of drug-likeness (QED) is 0.925. The lowest BCUT2D eigenvalue weighted by atomic mass is 9.68. The number of amides is 1. The molecule has 5 heteroatoms. The molecule has 0 bridgehead atoms. The van der Waals surface area contributed by atoms with Gasteiger partial charge in [-0.3, -0.25) is 4.79 Å². The molecule has 0 spiro atoms. The molecule has 1 aromatic heterocycles. The Labute approximate surface area is 145 Å². The van der Waals surface area contributed by atoms with Crippen molar-refractivity contribution in [2.75, 3.05) is 18.0 Å². The van der Waals surface area contributed by atoms with E-state index in [1.807, 2.05) is 6.07 Å². The molecule has 2 fully saturated rings. The van der Waals surface area contributed by atoms with Crippen LogP contribution in [0.15, 0.2) is 18.5 Å². The third-order valence-corrected chi connectivity index (χ3v) is 5.43. The van der Waals surface area contributed by atoms with Gasteiger partial charge in [-0.05, 0) is 49.5 Å². The molecule has 24 heavy (non-hydrogen) atoms. The fourth-order valence-electron chi connectivity index (χ4n) is 4.54. The van der Waals surface area contributed by atoms with Gasteiger partial charge in [-0.15, -0.1) is 0 Å². The minimum Gasteiger partial charge on any atom is -0.353 e. The second kappa shape index (κ2) is 7.08. The van der Waals surface area contributed by atoms with Crippen molar-refractivity contribution >= 4 is 11.9 Å². The van der Waals surface area contributed by atoms with E-state index in [1.165, 1.54) is 6.42 Å². The molecule has 1 saturated carbocycles. The zero-order valence-electron chi connectivity index (χ0n) is 15.2. The first-order chi connectivity index (χ1) is 11.4. The maximum absolute atomic E-state index is 12.7. The molecule has 1 N–H and O–H groups in total. The highest BCUT2D eigenvalue weighted by molar-refractivity contribution is 5.79. The van der Waals surface area contributed by atoms with Crippen LogP contribution in [0, 0.1) is 17.3 Å². The van der Waals surface area contributed by atoms with E-state index in [-0.39, 0.29) is 23.3 Å².